The smallest absolute Gasteiger partial charge is 0.416 e. The maximum atomic E-state index is 13.0. The van der Waals surface area contributed by atoms with E-state index in [1.54, 1.807) is 12.1 Å². The average molecular weight is 535 g/mol. The van der Waals surface area contributed by atoms with Gasteiger partial charge in [0, 0.05) is 15.2 Å². The van der Waals surface area contributed by atoms with Crippen molar-refractivity contribution in [1.29, 1.82) is 0 Å². The maximum absolute atomic E-state index is 13.0. The zero-order chi connectivity index (χ0) is 23.6. The molecule has 0 aliphatic rings. The molecule has 3 nitrogen and oxygen atoms in total. The summed E-state index contributed by atoms with van der Waals surface area (Å²) in [5.41, 5.74) is 0.180. The first kappa shape index (κ1) is 23.1. The highest BCUT2D eigenvalue weighted by atomic mass is 79.9. The van der Waals surface area contributed by atoms with Crippen LogP contribution in [-0.4, -0.2) is 5.91 Å². The highest BCUT2D eigenvalue weighted by Gasteiger charge is 2.30. The lowest BCUT2D eigenvalue weighted by atomic mass is 10.1. The van der Waals surface area contributed by atoms with Gasteiger partial charge in [-0.05, 0) is 58.8 Å². The molecule has 8 heteroatoms. The van der Waals surface area contributed by atoms with Crippen LogP contribution in [-0.2, 0) is 12.8 Å². The lowest BCUT2D eigenvalue weighted by Crippen LogP contribution is -2.15. The number of carbonyl (C=O) groups is 1. The molecular weight excluding hydrogens is 519 g/mol. The van der Waals surface area contributed by atoms with Crippen molar-refractivity contribution in [2.75, 3.05) is 5.32 Å². The van der Waals surface area contributed by atoms with Crippen molar-refractivity contribution in [3.63, 3.8) is 0 Å². The fourth-order valence-corrected chi connectivity index (χ4v) is 4.07. The van der Waals surface area contributed by atoms with Gasteiger partial charge in [-0.1, -0.05) is 63.9 Å². The van der Waals surface area contributed by atoms with Crippen LogP contribution in [0.1, 0.15) is 21.5 Å². The second-order valence-electron chi connectivity index (χ2n) is 7.21. The van der Waals surface area contributed by atoms with Crippen molar-refractivity contribution < 1.29 is 22.7 Å². The number of hydrogen-bond acceptors (Lipinski definition) is 2. The Morgan fingerprint density at radius 3 is 2.45 bits per heavy atom. The molecule has 0 heterocycles. The van der Waals surface area contributed by atoms with Crippen LogP contribution >= 0.6 is 27.5 Å². The second-order valence-corrected chi connectivity index (χ2v) is 8.50. The molecule has 0 aromatic heterocycles. The summed E-state index contributed by atoms with van der Waals surface area (Å²) in [6, 6.07) is 20.6. The van der Waals surface area contributed by atoms with E-state index in [1.165, 1.54) is 18.2 Å². The highest BCUT2D eigenvalue weighted by molar-refractivity contribution is 9.10. The third-order valence-corrected chi connectivity index (χ3v) is 5.90. The van der Waals surface area contributed by atoms with Gasteiger partial charge in [-0.2, -0.15) is 13.2 Å². The molecule has 4 rings (SSSR count). The summed E-state index contributed by atoms with van der Waals surface area (Å²) in [5.74, 6) is -0.372. The SMILES string of the molecule is O=C(Nc1cccc(C(F)(F)F)c1)c1cc(Cl)ccc1OCc1cccc2c(Br)cccc12. The summed E-state index contributed by atoms with van der Waals surface area (Å²) in [4.78, 5) is 12.9. The Hall–Kier alpha value is -3.03. The molecule has 0 spiro atoms. The minimum absolute atomic E-state index is 0.0136. The van der Waals surface area contributed by atoms with Gasteiger partial charge in [-0.25, -0.2) is 0 Å². The molecule has 0 aliphatic heterocycles. The highest BCUT2D eigenvalue weighted by Crippen LogP contribution is 2.32. The zero-order valence-corrected chi connectivity index (χ0v) is 19.3. The fraction of sp³-hybridized carbons (Fsp3) is 0.0800. The fourth-order valence-electron chi connectivity index (χ4n) is 3.40. The largest absolute Gasteiger partial charge is 0.488 e. The summed E-state index contributed by atoms with van der Waals surface area (Å²) in [6.07, 6.45) is -4.52. The molecule has 0 saturated heterocycles. The first-order chi connectivity index (χ1) is 15.7. The van der Waals surface area contributed by atoms with Crippen LogP contribution in [0.25, 0.3) is 10.8 Å². The number of fused-ring (bicyclic) bond motifs is 1. The van der Waals surface area contributed by atoms with Crippen molar-refractivity contribution in [2.24, 2.45) is 0 Å². The van der Waals surface area contributed by atoms with Crippen molar-refractivity contribution in [3.05, 3.63) is 105 Å². The van der Waals surface area contributed by atoms with Gasteiger partial charge >= 0.3 is 6.18 Å². The van der Waals surface area contributed by atoms with E-state index in [0.29, 0.717) is 5.02 Å². The number of halogens is 5. The van der Waals surface area contributed by atoms with Crippen LogP contribution in [0.15, 0.2) is 83.3 Å². The van der Waals surface area contributed by atoms with Gasteiger partial charge in [-0.3, -0.25) is 4.79 Å². The number of anilines is 1. The van der Waals surface area contributed by atoms with E-state index in [0.717, 1.165) is 32.9 Å². The van der Waals surface area contributed by atoms with Crippen LogP contribution in [0.2, 0.25) is 5.02 Å². The summed E-state index contributed by atoms with van der Waals surface area (Å²) >= 11 is 9.61. The molecule has 33 heavy (non-hydrogen) atoms. The molecule has 4 aromatic rings. The van der Waals surface area contributed by atoms with Gasteiger partial charge in [-0.15, -0.1) is 0 Å². The summed E-state index contributed by atoms with van der Waals surface area (Å²) in [5, 5.41) is 4.81. The quantitative estimate of drug-likeness (QED) is 0.281. The number of ether oxygens (including phenoxy) is 1. The van der Waals surface area contributed by atoms with E-state index in [4.69, 9.17) is 16.3 Å². The Balaban J connectivity index is 1.59. The molecule has 0 radical (unpaired) electrons. The Labute approximate surface area is 201 Å². The third kappa shape index (κ3) is 5.31. The van der Waals surface area contributed by atoms with Gasteiger partial charge in [0.1, 0.15) is 12.4 Å². The van der Waals surface area contributed by atoms with E-state index in [2.05, 4.69) is 21.2 Å². The molecule has 1 N–H and O–H groups in total. The molecule has 1 amide bonds. The van der Waals surface area contributed by atoms with Crippen molar-refractivity contribution in [1.82, 2.24) is 0 Å². The van der Waals surface area contributed by atoms with Gasteiger partial charge in [0.15, 0.2) is 0 Å². The second kappa shape index (κ2) is 9.45. The van der Waals surface area contributed by atoms with Gasteiger partial charge < -0.3 is 10.1 Å². The normalized spacial score (nSPS) is 11.4. The Kier molecular flexibility index (Phi) is 6.63. The number of carbonyl (C=O) groups excluding carboxylic acids is 1. The van der Waals surface area contributed by atoms with Crippen LogP contribution in [0, 0.1) is 0 Å². The molecule has 0 saturated carbocycles. The Morgan fingerprint density at radius 2 is 1.67 bits per heavy atom. The molecule has 0 unspecified atom stereocenters. The molecule has 0 aliphatic carbocycles. The average Bonchev–Trinajstić information content (AvgIpc) is 2.78. The predicted octanol–water partition coefficient (Wildman–Crippen LogP) is 8.11. The minimum Gasteiger partial charge on any atom is -0.488 e. The van der Waals surface area contributed by atoms with Crippen molar-refractivity contribution in [3.8, 4) is 5.75 Å². The number of hydrogen-bond donors (Lipinski definition) is 1. The predicted molar refractivity (Wildman–Crippen MR) is 127 cm³/mol. The number of benzene rings is 4. The summed E-state index contributed by atoms with van der Waals surface area (Å²) in [6.45, 7) is 0.180. The molecule has 168 valence electrons. The number of rotatable bonds is 5. The summed E-state index contributed by atoms with van der Waals surface area (Å²) < 4.78 is 45.9. The summed E-state index contributed by atoms with van der Waals surface area (Å²) in [7, 11) is 0. The van der Waals surface area contributed by atoms with Crippen LogP contribution in [0.5, 0.6) is 5.75 Å². The third-order valence-electron chi connectivity index (χ3n) is 4.98. The van der Waals surface area contributed by atoms with Crippen LogP contribution in [0.4, 0.5) is 18.9 Å². The zero-order valence-electron chi connectivity index (χ0n) is 16.9. The van der Waals surface area contributed by atoms with E-state index in [1.807, 2.05) is 36.4 Å². The van der Waals surface area contributed by atoms with E-state index in [9.17, 15) is 18.0 Å². The van der Waals surface area contributed by atoms with E-state index < -0.39 is 17.6 Å². The lowest BCUT2D eigenvalue weighted by molar-refractivity contribution is -0.137. The first-order valence-corrected chi connectivity index (χ1v) is 11.0. The number of amides is 1. The molecule has 0 bridgehead atoms. The lowest BCUT2D eigenvalue weighted by Gasteiger charge is -2.14. The van der Waals surface area contributed by atoms with Gasteiger partial charge in [0.2, 0.25) is 0 Å². The minimum atomic E-state index is -4.52. The Morgan fingerprint density at radius 1 is 0.939 bits per heavy atom. The number of nitrogens with one attached hydrogen (secondary N) is 1. The van der Waals surface area contributed by atoms with Crippen LogP contribution < -0.4 is 10.1 Å². The van der Waals surface area contributed by atoms with E-state index >= 15 is 0 Å². The molecule has 4 aromatic carbocycles. The Bertz CT molecular complexity index is 1340. The maximum Gasteiger partial charge on any atom is 0.416 e. The van der Waals surface area contributed by atoms with Gasteiger partial charge in [0.05, 0.1) is 11.1 Å². The molecule has 0 atom stereocenters. The molecule has 0 fully saturated rings. The number of alkyl halides is 3. The van der Waals surface area contributed by atoms with E-state index in [-0.39, 0.29) is 23.6 Å². The van der Waals surface area contributed by atoms with Crippen LogP contribution in [0.3, 0.4) is 0 Å². The van der Waals surface area contributed by atoms with Crippen molar-refractivity contribution in [2.45, 2.75) is 12.8 Å². The topological polar surface area (TPSA) is 38.3 Å². The monoisotopic (exact) mass is 533 g/mol. The first-order valence-electron chi connectivity index (χ1n) is 9.79. The van der Waals surface area contributed by atoms with Gasteiger partial charge in [0.25, 0.3) is 5.91 Å². The standard InChI is InChI=1S/C25H16BrClF3NO2/c26-22-9-3-7-19-15(4-1-8-20(19)22)14-33-23-11-10-17(27)13-21(23)24(32)31-18-6-2-5-16(12-18)25(28,29)30/h1-13H,14H2,(H,31,32). The van der Waals surface area contributed by atoms with Crippen molar-refractivity contribution >= 4 is 49.9 Å². The molecular formula is C25H16BrClF3NO2.